The third-order valence-electron chi connectivity index (χ3n) is 4.11. The highest BCUT2D eigenvalue weighted by atomic mass is 16.5. The fourth-order valence-electron chi connectivity index (χ4n) is 2.94. The molecule has 1 atom stereocenters. The molecule has 0 bridgehead atoms. The maximum Gasteiger partial charge on any atom is 0.247 e. The van der Waals surface area contributed by atoms with Crippen LogP contribution in [0.15, 0.2) is 28.7 Å². The monoisotopic (exact) mass is 315 g/mol. The van der Waals surface area contributed by atoms with Gasteiger partial charge in [-0.25, -0.2) is 0 Å². The zero-order chi connectivity index (χ0) is 16.2. The molecule has 1 aromatic heterocycles. The highest BCUT2D eigenvalue weighted by Gasteiger charge is 2.29. The number of likely N-dealkylation sites (tertiary alicyclic amines) is 1. The minimum absolute atomic E-state index is 0.227. The molecule has 122 valence electrons. The first-order valence-electron chi connectivity index (χ1n) is 7.82. The van der Waals surface area contributed by atoms with Crippen LogP contribution in [0.1, 0.15) is 17.9 Å². The summed E-state index contributed by atoms with van der Waals surface area (Å²) in [5.41, 5.74) is 2.13. The molecule has 0 spiro atoms. The Morgan fingerprint density at radius 2 is 2.09 bits per heavy atom. The number of carbonyl (C=O) groups is 1. The maximum absolute atomic E-state index is 12.0. The van der Waals surface area contributed by atoms with Gasteiger partial charge in [0, 0.05) is 39.1 Å². The topological polar surface area (TPSA) is 68.5 Å². The number of benzene rings is 1. The van der Waals surface area contributed by atoms with Gasteiger partial charge in [-0.3, -0.25) is 4.79 Å². The van der Waals surface area contributed by atoms with Crippen LogP contribution in [0.4, 0.5) is 0 Å². The van der Waals surface area contributed by atoms with Crippen molar-refractivity contribution in [2.24, 2.45) is 5.92 Å². The van der Waals surface area contributed by atoms with Gasteiger partial charge in [0.2, 0.25) is 17.7 Å². The van der Waals surface area contributed by atoms with Crippen LogP contribution in [0.5, 0.6) is 0 Å². The highest BCUT2D eigenvalue weighted by Crippen LogP contribution is 2.24. The van der Waals surface area contributed by atoms with E-state index in [1.807, 2.05) is 17.0 Å². The van der Waals surface area contributed by atoms with Crippen LogP contribution in [-0.2, 0) is 16.0 Å². The van der Waals surface area contributed by atoms with Gasteiger partial charge in [-0.2, -0.15) is 0 Å². The van der Waals surface area contributed by atoms with E-state index in [0.717, 1.165) is 18.5 Å². The van der Waals surface area contributed by atoms with Gasteiger partial charge in [0.05, 0.1) is 6.61 Å². The van der Waals surface area contributed by atoms with Crippen molar-refractivity contribution in [3.8, 4) is 11.5 Å². The summed E-state index contributed by atoms with van der Waals surface area (Å²) in [5, 5.41) is 7.86. The van der Waals surface area contributed by atoms with Crippen LogP contribution in [0.2, 0.25) is 0 Å². The molecule has 1 aromatic carbocycles. The number of hydrogen-bond acceptors (Lipinski definition) is 5. The summed E-state index contributed by atoms with van der Waals surface area (Å²) in [6.45, 7) is 3.86. The Morgan fingerprint density at radius 3 is 2.74 bits per heavy atom. The van der Waals surface area contributed by atoms with Crippen LogP contribution in [0.25, 0.3) is 11.5 Å². The zero-order valence-corrected chi connectivity index (χ0v) is 13.5. The van der Waals surface area contributed by atoms with Gasteiger partial charge in [0.25, 0.3) is 0 Å². The number of methoxy groups -OCH3 is 1. The van der Waals surface area contributed by atoms with E-state index in [4.69, 9.17) is 9.15 Å². The minimum atomic E-state index is 0.227. The normalized spacial score (nSPS) is 17.9. The molecule has 0 N–H and O–H groups in total. The predicted molar refractivity (Wildman–Crippen MR) is 84.7 cm³/mol. The van der Waals surface area contributed by atoms with E-state index in [1.54, 1.807) is 14.0 Å². The lowest BCUT2D eigenvalue weighted by Gasteiger charge is -2.16. The number of amides is 1. The average molecular weight is 315 g/mol. The molecule has 1 aliphatic heterocycles. The van der Waals surface area contributed by atoms with Crippen molar-refractivity contribution >= 4 is 5.91 Å². The second kappa shape index (κ2) is 6.91. The van der Waals surface area contributed by atoms with Gasteiger partial charge < -0.3 is 14.1 Å². The van der Waals surface area contributed by atoms with E-state index in [-0.39, 0.29) is 5.91 Å². The molecule has 0 aliphatic carbocycles. The van der Waals surface area contributed by atoms with E-state index in [9.17, 15) is 4.79 Å². The molecule has 0 radical (unpaired) electrons. The smallest absolute Gasteiger partial charge is 0.247 e. The molecule has 1 amide bonds. The van der Waals surface area contributed by atoms with Crippen molar-refractivity contribution in [3.63, 3.8) is 0 Å². The number of aryl methyl sites for hydroxylation is 1. The Balaban J connectivity index is 1.59. The van der Waals surface area contributed by atoms with E-state index in [2.05, 4.69) is 22.3 Å². The first-order chi connectivity index (χ1) is 11.2. The molecule has 1 unspecified atom stereocenters. The van der Waals surface area contributed by atoms with Crippen LogP contribution < -0.4 is 0 Å². The Kier molecular flexibility index (Phi) is 4.71. The fraction of sp³-hybridized carbons (Fsp3) is 0.471. The van der Waals surface area contributed by atoms with E-state index in [1.165, 1.54) is 5.56 Å². The van der Waals surface area contributed by atoms with Crippen molar-refractivity contribution < 1.29 is 13.9 Å². The summed E-state index contributed by atoms with van der Waals surface area (Å²) in [5.74, 6) is 1.70. The first kappa shape index (κ1) is 15.7. The largest absolute Gasteiger partial charge is 0.421 e. The van der Waals surface area contributed by atoms with Crippen molar-refractivity contribution in [3.05, 3.63) is 35.7 Å². The van der Waals surface area contributed by atoms with Gasteiger partial charge in [0.15, 0.2) is 0 Å². The second-order valence-corrected chi connectivity index (χ2v) is 5.93. The highest BCUT2D eigenvalue weighted by molar-refractivity contribution is 5.78. The van der Waals surface area contributed by atoms with Crippen molar-refractivity contribution in [1.29, 1.82) is 0 Å². The van der Waals surface area contributed by atoms with Gasteiger partial charge in [-0.05, 0) is 30.0 Å². The molecule has 6 nitrogen and oxygen atoms in total. The number of ether oxygens (including phenoxy) is 1. The summed E-state index contributed by atoms with van der Waals surface area (Å²) < 4.78 is 10.5. The molecular weight excluding hydrogens is 294 g/mol. The van der Waals surface area contributed by atoms with Crippen LogP contribution in [-0.4, -0.2) is 47.8 Å². The Bertz CT molecular complexity index is 666. The second-order valence-electron chi connectivity index (χ2n) is 5.93. The molecule has 1 aliphatic rings. The maximum atomic E-state index is 12.0. The lowest BCUT2D eigenvalue weighted by atomic mass is 9.98. The Labute approximate surface area is 135 Å². The molecule has 2 heterocycles. The van der Waals surface area contributed by atoms with E-state index < -0.39 is 0 Å². The molecule has 3 rings (SSSR count). The number of carbonyl (C=O) groups excluding carboxylic acids is 1. The minimum Gasteiger partial charge on any atom is -0.421 e. The molecule has 23 heavy (non-hydrogen) atoms. The van der Waals surface area contributed by atoms with E-state index >= 15 is 0 Å². The standard InChI is InChI=1S/C17H21N3O3/c1-12-18-19-17(23-12)15-5-3-13(4-6-15)9-14-10-16(21)20(11-14)7-8-22-2/h3-6,14H,7-11H2,1-2H3. The van der Waals surface area contributed by atoms with Gasteiger partial charge in [-0.1, -0.05) is 12.1 Å². The number of nitrogens with zero attached hydrogens (tertiary/aromatic N) is 3. The van der Waals surface area contributed by atoms with Gasteiger partial charge >= 0.3 is 0 Å². The summed E-state index contributed by atoms with van der Waals surface area (Å²) >= 11 is 0. The van der Waals surface area contributed by atoms with E-state index in [0.29, 0.717) is 37.3 Å². The predicted octanol–water partition coefficient (Wildman–Crippen LogP) is 2.08. The molecule has 2 aromatic rings. The first-order valence-corrected chi connectivity index (χ1v) is 7.82. The Hall–Kier alpha value is -2.21. The SMILES string of the molecule is COCCN1CC(Cc2ccc(-c3nnc(C)o3)cc2)CC1=O. The quantitative estimate of drug-likeness (QED) is 0.816. The number of aromatic nitrogens is 2. The average Bonchev–Trinajstić information content (AvgIpc) is 3.12. The molecule has 6 heteroatoms. The summed E-state index contributed by atoms with van der Waals surface area (Å²) in [6, 6.07) is 8.11. The Morgan fingerprint density at radius 1 is 1.30 bits per heavy atom. The fourth-order valence-corrected chi connectivity index (χ4v) is 2.94. The van der Waals surface area contributed by atoms with Crippen LogP contribution >= 0.6 is 0 Å². The molecule has 1 fully saturated rings. The number of hydrogen-bond donors (Lipinski definition) is 0. The summed E-state index contributed by atoms with van der Waals surface area (Å²) in [7, 11) is 1.66. The van der Waals surface area contributed by atoms with Gasteiger partial charge in [-0.15, -0.1) is 10.2 Å². The molecular formula is C17H21N3O3. The van der Waals surface area contributed by atoms with Crippen molar-refractivity contribution in [2.75, 3.05) is 26.8 Å². The lowest BCUT2D eigenvalue weighted by Crippen LogP contribution is -2.28. The summed E-state index contributed by atoms with van der Waals surface area (Å²) in [4.78, 5) is 13.9. The lowest BCUT2D eigenvalue weighted by molar-refractivity contribution is -0.128. The third kappa shape index (κ3) is 3.76. The molecule has 0 saturated carbocycles. The van der Waals surface area contributed by atoms with Crippen LogP contribution in [0.3, 0.4) is 0 Å². The zero-order valence-electron chi connectivity index (χ0n) is 13.5. The van der Waals surface area contributed by atoms with Crippen molar-refractivity contribution in [2.45, 2.75) is 19.8 Å². The third-order valence-corrected chi connectivity index (χ3v) is 4.11. The number of rotatable bonds is 6. The summed E-state index contributed by atoms with van der Waals surface area (Å²) in [6.07, 6.45) is 1.52. The van der Waals surface area contributed by atoms with Crippen LogP contribution in [0, 0.1) is 12.8 Å². The van der Waals surface area contributed by atoms with Crippen molar-refractivity contribution in [1.82, 2.24) is 15.1 Å². The molecule has 1 saturated heterocycles. The van der Waals surface area contributed by atoms with Gasteiger partial charge in [0.1, 0.15) is 0 Å².